The number of carbonyl (C=O) groups is 1. The molecule has 0 bridgehead atoms. The van der Waals surface area contributed by atoms with E-state index in [0.29, 0.717) is 17.7 Å². The molecule has 1 aromatic heterocycles. The van der Waals surface area contributed by atoms with Crippen LogP contribution >= 0.6 is 11.6 Å². The molecule has 0 aromatic carbocycles. The van der Waals surface area contributed by atoms with Crippen LogP contribution in [0.4, 0.5) is 5.82 Å². The maximum Gasteiger partial charge on any atom is 0.337 e. The Morgan fingerprint density at radius 1 is 1.50 bits per heavy atom. The zero-order chi connectivity index (χ0) is 13.3. The lowest BCUT2D eigenvalue weighted by Gasteiger charge is -2.36. The Labute approximate surface area is 112 Å². The number of pyridine rings is 1. The highest BCUT2D eigenvalue weighted by molar-refractivity contribution is 6.33. The molecule has 1 aliphatic heterocycles. The molecule has 18 heavy (non-hydrogen) atoms. The molecule has 0 amide bonds. The first-order chi connectivity index (χ1) is 8.49. The molecule has 1 fully saturated rings. The number of hydrogen-bond donors (Lipinski definition) is 1. The Bertz CT molecular complexity index is 464. The van der Waals surface area contributed by atoms with E-state index in [-0.39, 0.29) is 10.6 Å². The number of nitrogens with zero attached hydrogens (tertiary/aromatic N) is 2. The van der Waals surface area contributed by atoms with Crippen molar-refractivity contribution in [2.75, 3.05) is 18.0 Å². The summed E-state index contributed by atoms with van der Waals surface area (Å²) in [6.07, 6.45) is 2.52. The molecule has 1 N–H and O–H groups in total. The van der Waals surface area contributed by atoms with E-state index in [1.54, 1.807) is 6.07 Å². The summed E-state index contributed by atoms with van der Waals surface area (Å²) in [5.41, 5.74) is 0.118. The van der Waals surface area contributed by atoms with Gasteiger partial charge in [0.15, 0.2) is 0 Å². The van der Waals surface area contributed by atoms with Crippen molar-refractivity contribution in [2.24, 2.45) is 11.8 Å². The van der Waals surface area contributed by atoms with Crippen LogP contribution in [-0.2, 0) is 0 Å². The standard InChI is InChI=1S/C13H17ClN2O2/c1-8-3-4-16(7-9(8)2)12-5-10(13(17)18)11(14)6-15-12/h5-6,8-9H,3-4,7H2,1-2H3,(H,17,18). The van der Waals surface area contributed by atoms with E-state index in [2.05, 4.69) is 23.7 Å². The van der Waals surface area contributed by atoms with E-state index >= 15 is 0 Å². The highest BCUT2D eigenvalue weighted by atomic mass is 35.5. The zero-order valence-corrected chi connectivity index (χ0v) is 11.3. The Hall–Kier alpha value is -1.29. The van der Waals surface area contributed by atoms with Crippen LogP contribution in [0.15, 0.2) is 12.3 Å². The molecule has 2 atom stereocenters. The number of hydrogen-bond acceptors (Lipinski definition) is 3. The molecule has 2 rings (SSSR count). The predicted molar refractivity (Wildman–Crippen MR) is 71.4 cm³/mol. The summed E-state index contributed by atoms with van der Waals surface area (Å²) >= 11 is 5.82. The Morgan fingerprint density at radius 2 is 2.22 bits per heavy atom. The Morgan fingerprint density at radius 3 is 2.83 bits per heavy atom. The number of aromatic carboxylic acids is 1. The average Bonchev–Trinajstić information content (AvgIpc) is 2.33. The SMILES string of the molecule is CC1CCN(c2cc(C(=O)O)c(Cl)cn2)CC1C. The van der Waals surface area contributed by atoms with Gasteiger partial charge in [-0.25, -0.2) is 9.78 Å². The van der Waals surface area contributed by atoms with Gasteiger partial charge >= 0.3 is 5.97 Å². The van der Waals surface area contributed by atoms with Crippen LogP contribution in [-0.4, -0.2) is 29.1 Å². The second kappa shape index (κ2) is 5.14. The fourth-order valence-electron chi connectivity index (χ4n) is 2.24. The van der Waals surface area contributed by atoms with Crippen LogP contribution in [0.5, 0.6) is 0 Å². The lowest BCUT2D eigenvalue weighted by molar-refractivity contribution is 0.0697. The van der Waals surface area contributed by atoms with Gasteiger partial charge in [-0.2, -0.15) is 0 Å². The molecule has 98 valence electrons. The third-order valence-electron chi connectivity index (χ3n) is 3.73. The van der Waals surface area contributed by atoms with Gasteiger partial charge in [0.05, 0.1) is 10.6 Å². The molecule has 2 unspecified atom stereocenters. The molecule has 0 saturated carbocycles. The highest BCUT2D eigenvalue weighted by Crippen LogP contribution is 2.27. The quantitative estimate of drug-likeness (QED) is 0.896. The van der Waals surface area contributed by atoms with Crippen LogP contribution < -0.4 is 4.90 Å². The van der Waals surface area contributed by atoms with Crippen molar-refractivity contribution in [2.45, 2.75) is 20.3 Å². The molecule has 0 aliphatic carbocycles. The molecular weight excluding hydrogens is 252 g/mol. The van der Waals surface area contributed by atoms with Crippen LogP contribution in [0.2, 0.25) is 5.02 Å². The molecule has 1 aromatic rings. The topological polar surface area (TPSA) is 53.4 Å². The van der Waals surface area contributed by atoms with Crippen molar-refractivity contribution < 1.29 is 9.90 Å². The van der Waals surface area contributed by atoms with Gasteiger partial charge in [-0.15, -0.1) is 0 Å². The largest absolute Gasteiger partial charge is 0.478 e. The molecular formula is C13H17ClN2O2. The third kappa shape index (κ3) is 2.58. The first-order valence-electron chi connectivity index (χ1n) is 6.13. The van der Waals surface area contributed by atoms with Crippen molar-refractivity contribution in [1.82, 2.24) is 4.98 Å². The van der Waals surface area contributed by atoms with Crippen molar-refractivity contribution in [3.05, 3.63) is 22.8 Å². The predicted octanol–water partition coefficient (Wildman–Crippen LogP) is 2.92. The first-order valence-corrected chi connectivity index (χ1v) is 6.50. The second-order valence-electron chi connectivity index (χ2n) is 5.02. The van der Waals surface area contributed by atoms with Crippen molar-refractivity contribution >= 4 is 23.4 Å². The third-order valence-corrected chi connectivity index (χ3v) is 4.03. The van der Waals surface area contributed by atoms with Crippen molar-refractivity contribution in [3.8, 4) is 0 Å². The van der Waals surface area contributed by atoms with E-state index in [0.717, 1.165) is 19.5 Å². The normalized spacial score (nSPS) is 24.1. The van der Waals surface area contributed by atoms with E-state index in [9.17, 15) is 4.79 Å². The maximum absolute atomic E-state index is 11.0. The number of carboxylic acids is 1. The van der Waals surface area contributed by atoms with Gasteiger partial charge in [-0.3, -0.25) is 0 Å². The van der Waals surface area contributed by atoms with Gasteiger partial charge in [-0.1, -0.05) is 25.4 Å². The van der Waals surface area contributed by atoms with Gasteiger partial charge < -0.3 is 10.0 Å². The summed E-state index contributed by atoms with van der Waals surface area (Å²) in [6, 6.07) is 1.56. The number of anilines is 1. The number of piperidine rings is 1. The summed E-state index contributed by atoms with van der Waals surface area (Å²) < 4.78 is 0. The summed E-state index contributed by atoms with van der Waals surface area (Å²) in [5, 5.41) is 9.24. The van der Waals surface area contributed by atoms with Gasteiger partial charge in [0.2, 0.25) is 0 Å². The molecule has 2 heterocycles. The minimum atomic E-state index is -1.01. The van der Waals surface area contributed by atoms with E-state index in [4.69, 9.17) is 16.7 Å². The van der Waals surface area contributed by atoms with E-state index in [1.165, 1.54) is 6.20 Å². The monoisotopic (exact) mass is 268 g/mol. The smallest absolute Gasteiger partial charge is 0.337 e. The average molecular weight is 269 g/mol. The molecule has 4 nitrogen and oxygen atoms in total. The van der Waals surface area contributed by atoms with Crippen LogP contribution in [0, 0.1) is 11.8 Å². The number of carboxylic acid groups (broad SMARTS) is 1. The summed E-state index contributed by atoms with van der Waals surface area (Å²) in [4.78, 5) is 17.4. The van der Waals surface area contributed by atoms with Gasteiger partial charge in [-0.05, 0) is 24.3 Å². The maximum atomic E-state index is 11.0. The van der Waals surface area contributed by atoms with Gasteiger partial charge in [0, 0.05) is 19.3 Å². The summed E-state index contributed by atoms with van der Waals surface area (Å²) in [6.45, 7) is 6.29. The lowest BCUT2D eigenvalue weighted by Crippen LogP contribution is -2.38. The Kier molecular flexibility index (Phi) is 3.76. The number of rotatable bonds is 2. The fraction of sp³-hybridized carbons (Fsp3) is 0.538. The molecule has 0 spiro atoms. The van der Waals surface area contributed by atoms with Crippen LogP contribution in [0.3, 0.4) is 0 Å². The summed E-state index contributed by atoms with van der Waals surface area (Å²) in [7, 11) is 0. The highest BCUT2D eigenvalue weighted by Gasteiger charge is 2.24. The number of aromatic nitrogens is 1. The fourth-order valence-corrected chi connectivity index (χ4v) is 2.42. The molecule has 1 saturated heterocycles. The summed E-state index contributed by atoms with van der Waals surface area (Å²) in [5.74, 6) is 0.981. The van der Waals surface area contributed by atoms with Crippen LogP contribution in [0.1, 0.15) is 30.6 Å². The molecule has 5 heteroatoms. The Balaban J connectivity index is 2.24. The molecule has 0 radical (unpaired) electrons. The minimum Gasteiger partial charge on any atom is -0.478 e. The number of halogens is 1. The first kappa shape index (κ1) is 13.1. The lowest BCUT2D eigenvalue weighted by atomic mass is 9.89. The van der Waals surface area contributed by atoms with Gasteiger partial charge in [0.25, 0.3) is 0 Å². The van der Waals surface area contributed by atoms with Crippen molar-refractivity contribution in [1.29, 1.82) is 0 Å². The molecule has 1 aliphatic rings. The van der Waals surface area contributed by atoms with E-state index in [1.807, 2.05) is 0 Å². The van der Waals surface area contributed by atoms with Gasteiger partial charge in [0.1, 0.15) is 5.82 Å². The second-order valence-corrected chi connectivity index (χ2v) is 5.42. The minimum absolute atomic E-state index is 0.118. The van der Waals surface area contributed by atoms with Crippen molar-refractivity contribution in [3.63, 3.8) is 0 Å². The van der Waals surface area contributed by atoms with Crippen LogP contribution in [0.25, 0.3) is 0 Å². The zero-order valence-electron chi connectivity index (χ0n) is 10.6. The van der Waals surface area contributed by atoms with E-state index < -0.39 is 5.97 Å².